The van der Waals surface area contributed by atoms with E-state index in [2.05, 4.69) is 0 Å². The molecule has 0 radical (unpaired) electrons. The number of allylic oxidation sites excluding steroid dienone is 2. The van der Waals surface area contributed by atoms with Crippen LogP contribution in [0.25, 0.3) is 0 Å². The number of aliphatic hydroxyl groups excluding tert-OH is 1. The molecular formula is C13H16O2. The van der Waals surface area contributed by atoms with Gasteiger partial charge in [-0.1, -0.05) is 35.9 Å². The predicted molar refractivity (Wildman–Crippen MR) is 61.0 cm³/mol. The maximum atomic E-state index is 11.4. The van der Waals surface area contributed by atoms with E-state index >= 15 is 0 Å². The SMILES string of the molecule is CC=C(C)Cc1ccccc1C(=O)CO. The fourth-order valence-corrected chi connectivity index (χ4v) is 1.43. The van der Waals surface area contributed by atoms with Gasteiger partial charge in [0.15, 0.2) is 5.78 Å². The number of aliphatic hydroxyl groups is 1. The van der Waals surface area contributed by atoms with Crippen molar-refractivity contribution in [3.8, 4) is 0 Å². The summed E-state index contributed by atoms with van der Waals surface area (Å²) in [7, 11) is 0. The first-order valence-corrected chi connectivity index (χ1v) is 5.02. The third kappa shape index (κ3) is 3.03. The standard InChI is InChI=1S/C13H16O2/c1-3-10(2)8-11-6-4-5-7-12(11)13(15)9-14/h3-7,14H,8-9H2,1-2H3. The number of hydrogen-bond acceptors (Lipinski definition) is 2. The van der Waals surface area contributed by atoms with Crippen molar-refractivity contribution in [3.63, 3.8) is 0 Å². The molecule has 0 aliphatic carbocycles. The lowest BCUT2D eigenvalue weighted by Crippen LogP contribution is -2.08. The quantitative estimate of drug-likeness (QED) is 0.604. The van der Waals surface area contributed by atoms with Crippen molar-refractivity contribution in [2.75, 3.05) is 6.61 Å². The topological polar surface area (TPSA) is 37.3 Å². The summed E-state index contributed by atoms with van der Waals surface area (Å²) in [6, 6.07) is 7.41. The van der Waals surface area contributed by atoms with Gasteiger partial charge in [-0.2, -0.15) is 0 Å². The average Bonchev–Trinajstić information content (AvgIpc) is 2.28. The smallest absolute Gasteiger partial charge is 0.188 e. The molecule has 0 bridgehead atoms. The second-order valence-corrected chi connectivity index (χ2v) is 3.55. The minimum Gasteiger partial charge on any atom is -0.388 e. The van der Waals surface area contributed by atoms with Crippen LogP contribution in [0.3, 0.4) is 0 Å². The van der Waals surface area contributed by atoms with E-state index in [0.29, 0.717) is 5.56 Å². The molecule has 1 aromatic carbocycles. The molecule has 0 fully saturated rings. The molecule has 0 atom stereocenters. The number of carbonyl (C=O) groups excluding carboxylic acids is 1. The molecule has 0 saturated carbocycles. The molecule has 15 heavy (non-hydrogen) atoms. The molecule has 0 heterocycles. The highest BCUT2D eigenvalue weighted by molar-refractivity contribution is 5.98. The first-order chi connectivity index (χ1) is 7.19. The lowest BCUT2D eigenvalue weighted by Gasteiger charge is -2.07. The Bertz CT molecular complexity index is 378. The Morgan fingerprint density at radius 3 is 2.67 bits per heavy atom. The van der Waals surface area contributed by atoms with Crippen molar-refractivity contribution in [1.82, 2.24) is 0 Å². The van der Waals surface area contributed by atoms with Gasteiger partial charge in [-0.25, -0.2) is 0 Å². The molecular weight excluding hydrogens is 188 g/mol. The molecule has 0 amide bonds. The number of hydrogen-bond donors (Lipinski definition) is 1. The van der Waals surface area contributed by atoms with Crippen LogP contribution in [-0.4, -0.2) is 17.5 Å². The van der Waals surface area contributed by atoms with Crippen molar-refractivity contribution in [1.29, 1.82) is 0 Å². The third-order valence-corrected chi connectivity index (χ3v) is 2.42. The average molecular weight is 204 g/mol. The summed E-state index contributed by atoms with van der Waals surface area (Å²) in [5.74, 6) is -0.213. The van der Waals surface area contributed by atoms with Crippen molar-refractivity contribution >= 4 is 5.78 Å². The van der Waals surface area contributed by atoms with Gasteiger partial charge >= 0.3 is 0 Å². The minimum absolute atomic E-state index is 0.213. The Morgan fingerprint density at radius 1 is 1.40 bits per heavy atom. The summed E-state index contributed by atoms with van der Waals surface area (Å²) >= 11 is 0. The van der Waals surface area contributed by atoms with E-state index < -0.39 is 6.61 Å². The van der Waals surface area contributed by atoms with E-state index in [1.807, 2.05) is 38.1 Å². The second-order valence-electron chi connectivity index (χ2n) is 3.55. The monoisotopic (exact) mass is 204 g/mol. The van der Waals surface area contributed by atoms with E-state index in [1.54, 1.807) is 6.07 Å². The minimum atomic E-state index is -0.425. The van der Waals surface area contributed by atoms with E-state index in [0.717, 1.165) is 12.0 Å². The Kier molecular flexibility index (Phi) is 4.25. The Labute approximate surface area is 90.3 Å². The largest absolute Gasteiger partial charge is 0.388 e. The maximum Gasteiger partial charge on any atom is 0.188 e. The summed E-state index contributed by atoms with van der Waals surface area (Å²) in [5, 5.41) is 8.84. The molecule has 0 aromatic heterocycles. The van der Waals surface area contributed by atoms with Crippen molar-refractivity contribution in [3.05, 3.63) is 47.0 Å². The van der Waals surface area contributed by atoms with E-state index in [-0.39, 0.29) is 5.78 Å². The van der Waals surface area contributed by atoms with Crippen LogP contribution in [0.2, 0.25) is 0 Å². The zero-order chi connectivity index (χ0) is 11.3. The number of rotatable bonds is 4. The van der Waals surface area contributed by atoms with Gasteiger partial charge in [-0.15, -0.1) is 0 Å². The molecule has 2 heteroatoms. The zero-order valence-corrected chi connectivity index (χ0v) is 9.16. The van der Waals surface area contributed by atoms with E-state index in [4.69, 9.17) is 5.11 Å². The van der Waals surface area contributed by atoms with Gasteiger partial charge in [-0.3, -0.25) is 4.79 Å². The molecule has 1 aromatic rings. The van der Waals surface area contributed by atoms with Gasteiger partial charge in [0, 0.05) is 5.56 Å². The van der Waals surface area contributed by atoms with Crippen LogP contribution in [0.5, 0.6) is 0 Å². The molecule has 0 saturated heterocycles. The van der Waals surface area contributed by atoms with Gasteiger partial charge in [0.05, 0.1) is 0 Å². The Hall–Kier alpha value is -1.41. The van der Waals surface area contributed by atoms with Gasteiger partial charge in [-0.05, 0) is 25.8 Å². The van der Waals surface area contributed by atoms with Crippen LogP contribution >= 0.6 is 0 Å². The fourth-order valence-electron chi connectivity index (χ4n) is 1.43. The third-order valence-electron chi connectivity index (χ3n) is 2.42. The van der Waals surface area contributed by atoms with Gasteiger partial charge in [0.2, 0.25) is 0 Å². The summed E-state index contributed by atoms with van der Waals surface area (Å²) in [6.07, 6.45) is 2.79. The molecule has 1 N–H and O–H groups in total. The van der Waals surface area contributed by atoms with Crippen LogP contribution in [-0.2, 0) is 6.42 Å². The Morgan fingerprint density at radius 2 is 2.07 bits per heavy atom. The van der Waals surface area contributed by atoms with E-state index in [9.17, 15) is 4.79 Å². The normalized spacial score (nSPS) is 11.5. The summed E-state index contributed by atoms with van der Waals surface area (Å²) < 4.78 is 0. The lowest BCUT2D eigenvalue weighted by atomic mass is 9.98. The van der Waals surface area contributed by atoms with Crippen molar-refractivity contribution < 1.29 is 9.90 Å². The first-order valence-electron chi connectivity index (χ1n) is 5.02. The number of carbonyl (C=O) groups is 1. The summed E-state index contributed by atoms with van der Waals surface area (Å²) in [5.41, 5.74) is 2.82. The fraction of sp³-hybridized carbons (Fsp3) is 0.308. The molecule has 0 aliphatic rings. The highest BCUT2D eigenvalue weighted by atomic mass is 16.3. The van der Waals surface area contributed by atoms with Crippen molar-refractivity contribution in [2.24, 2.45) is 0 Å². The predicted octanol–water partition coefficient (Wildman–Crippen LogP) is 2.37. The van der Waals surface area contributed by atoms with Gasteiger partial charge < -0.3 is 5.11 Å². The van der Waals surface area contributed by atoms with Crippen LogP contribution in [0.4, 0.5) is 0 Å². The van der Waals surface area contributed by atoms with Crippen LogP contribution in [0, 0.1) is 0 Å². The second kappa shape index (κ2) is 5.47. The lowest BCUT2D eigenvalue weighted by molar-refractivity contribution is 0.0903. The van der Waals surface area contributed by atoms with Gasteiger partial charge in [0.25, 0.3) is 0 Å². The number of benzene rings is 1. The van der Waals surface area contributed by atoms with Crippen LogP contribution in [0.15, 0.2) is 35.9 Å². The molecule has 0 spiro atoms. The highest BCUT2D eigenvalue weighted by Crippen LogP contribution is 2.14. The van der Waals surface area contributed by atoms with E-state index in [1.165, 1.54) is 5.57 Å². The summed E-state index contributed by atoms with van der Waals surface area (Å²) in [4.78, 5) is 11.4. The molecule has 1 rings (SSSR count). The van der Waals surface area contributed by atoms with Gasteiger partial charge in [0.1, 0.15) is 6.61 Å². The maximum absolute atomic E-state index is 11.4. The Balaban J connectivity index is 3.01. The molecule has 0 unspecified atom stereocenters. The molecule has 80 valence electrons. The first kappa shape index (κ1) is 11.7. The molecule has 0 aliphatic heterocycles. The number of ketones is 1. The zero-order valence-electron chi connectivity index (χ0n) is 9.16. The van der Waals surface area contributed by atoms with Crippen LogP contribution in [0.1, 0.15) is 29.8 Å². The van der Waals surface area contributed by atoms with Crippen LogP contribution < -0.4 is 0 Å². The molecule has 2 nitrogen and oxygen atoms in total. The summed E-state index contributed by atoms with van der Waals surface area (Å²) in [6.45, 7) is 3.58. The van der Waals surface area contributed by atoms with Crippen molar-refractivity contribution in [2.45, 2.75) is 20.3 Å². The highest BCUT2D eigenvalue weighted by Gasteiger charge is 2.09. The number of Topliss-reactive ketones (excluding diaryl/α,β-unsaturated/α-hetero) is 1.